The number of benzene rings is 2. The largest absolute Gasteiger partial charge is 0.289 e. The van der Waals surface area contributed by atoms with Gasteiger partial charge in [-0.25, -0.2) is 0 Å². The molecule has 2 aromatic rings. The molecule has 0 aliphatic carbocycles. The first-order valence-electron chi connectivity index (χ1n) is 5.89. The van der Waals surface area contributed by atoms with Crippen LogP contribution in [0.25, 0.3) is 6.08 Å². The molecule has 0 saturated carbocycles. The van der Waals surface area contributed by atoms with E-state index >= 15 is 0 Å². The summed E-state index contributed by atoms with van der Waals surface area (Å²) in [7, 11) is 0. The van der Waals surface area contributed by atoms with Crippen LogP contribution in [0.3, 0.4) is 0 Å². The van der Waals surface area contributed by atoms with Gasteiger partial charge in [0, 0.05) is 27.2 Å². The second kappa shape index (κ2) is 6.65. The number of hydrogen-bond acceptors (Lipinski definition) is 3. The Balaban J connectivity index is 2.24. The van der Waals surface area contributed by atoms with Gasteiger partial charge in [0.1, 0.15) is 0 Å². The van der Waals surface area contributed by atoms with Crippen molar-refractivity contribution in [1.82, 2.24) is 0 Å². The third-order valence-corrected chi connectivity index (χ3v) is 3.61. The normalized spacial score (nSPS) is 10.8. The van der Waals surface area contributed by atoms with Crippen LogP contribution < -0.4 is 0 Å². The molecule has 0 amide bonds. The number of carbonyl (C=O) groups is 1. The lowest BCUT2D eigenvalue weighted by Gasteiger charge is -1.99. The fourth-order valence-electron chi connectivity index (χ4n) is 1.65. The van der Waals surface area contributed by atoms with Gasteiger partial charge in [0.2, 0.25) is 0 Å². The van der Waals surface area contributed by atoms with E-state index in [4.69, 9.17) is 11.6 Å². The molecule has 0 atom stereocenters. The van der Waals surface area contributed by atoms with Crippen LogP contribution in [0.2, 0.25) is 5.02 Å². The van der Waals surface area contributed by atoms with E-state index in [0.717, 1.165) is 4.47 Å². The maximum absolute atomic E-state index is 12.0. The van der Waals surface area contributed by atoms with Gasteiger partial charge in [-0.05, 0) is 48.0 Å². The quantitative estimate of drug-likeness (QED) is 0.334. The highest BCUT2D eigenvalue weighted by molar-refractivity contribution is 9.10. The van der Waals surface area contributed by atoms with Crippen molar-refractivity contribution in [2.45, 2.75) is 0 Å². The van der Waals surface area contributed by atoms with E-state index < -0.39 is 4.92 Å². The van der Waals surface area contributed by atoms with Gasteiger partial charge in [-0.1, -0.05) is 27.5 Å². The molecule has 0 bridgehead atoms. The van der Waals surface area contributed by atoms with E-state index in [1.54, 1.807) is 24.3 Å². The number of hydrogen-bond donors (Lipinski definition) is 0. The SMILES string of the molecule is O=C(/C=C/c1cc([N+](=O)[O-])ccc1Cl)c1ccc(Br)cc1. The monoisotopic (exact) mass is 365 g/mol. The molecule has 0 fully saturated rings. The topological polar surface area (TPSA) is 60.2 Å². The predicted octanol–water partition coefficient (Wildman–Crippen LogP) is 4.91. The first-order valence-corrected chi connectivity index (χ1v) is 7.06. The van der Waals surface area contributed by atoms with Crippen molar-refractivity contribution in [2.24, 2.45) is 0 Å². The number of nitro benzene ring substituents is 1. The maximum Gasteiger partial charge on any atom is 0.270 e. The minimum absolute atomic E-state index is 0.0739. The standard InChI is InChI=1S/C15H9BrClNO3/c16-12-4-1-10(2-5-12)15(19)8-3-11-9-13(18(20)21)6-7-14(11)17/h1-9H/b8-3+. The third-order valence-electron chi connectivity index (χ3n) is 2.73. The van der Waals surface area contributed by atoms with E-state index in [1.807, 2.05) is 0 Å². The number of rotatable bonds is 4. The number of nitrogens with zero attached hydrogens (tertiary/aromatic N) is 1. The summed E-state index contributed by atoms with van der Waals surface area (Å²) in [4.78, 5) is 22.2. The molecule has 0 unspecified atom stereocenters. The average molecular weight is 367 g/mol. The molecule has 0 spiro atoms. The minimum Gasteiger partial charge on any atom is -0.289 e. The van der Waals surface area contributed by atoms with E-state index in [-0.39, 0.29) is 11.5 Å². The summed E-state index contributed by atoms with van der Waals surface area (Å²) < 4.78 is 0.879. The summed E-state index contributed by atoms with van der Waals surface area (Å²) in [6.07, 6.45) is 2.81. The first kappa shape index (κ1) is 15.4. The van der Waals surface area contributed by atoms with Crippen LogP contribution in [-0.4, -0.2) is 10.7 Å². The number of non-ortho nitro benzene ring substituents is 1. The maximum atomic E-state index is 12.0. The highest BCUT2D eigenvalue weighted by atomic mass is 79.9. The smallest absolute Gasteiger partial charge is 0.270 e. The summed E-state index contributed by atoms with van der Waals surface area (Å²) in [5.41, 5.74) is 0.877. The zero-order valence-electron chi connectivity index (χ0n) is 10.6. The number of carbonyl (C=O) groups excluding carboxylic acids is 1. The molecule has 2 rings (SSSR count). The van der Waals surface area contributed by atoms with Gasteiger partial charge in [-0.2, -0.15) is 0 Å². The van der Waals surface area contributed by atoms with Crippen molar-refractivity contribution in [3.05, 3.63) is 79.3 Å². The van der Waals surface area contributed by atoms with Gasteiger partial charge >= 0.3 is 0 Å². The Bertz CT molecular complexity index is 726. The number of ketones is 1. The van der Waals surface area contributed by atoms with Gasteiger partial charge in [0.25, 0.3) is 5.69 Å². The summed E-state index contributed by atoms with van der Waals surface area (Å²) in [5.74, 6) is -0.204. The van der Waals surface area contributed by atoms with Crippen LogP contribution >= 0.6 is 27.5 Å². The van der Waals surface area contributed by atoms with Crippen molar-refractivity contribution in [1.29, 1.82) is 0 Å². The molecule has 0 aromatic heterocycles. The molecule has 4 nitrogen and oxygen atoms in total. The summed E-state index contributed by atoms with van der Waals surface area (Å²) >= 11 is 9.25. The van der Waals surface area contributed by atoms with Gasteiger partial charge in [-0.15, -0.1) is 0 Å². The summed E-state index contributed by atoms with van der Waals surface area (Å²) in [6.45, 7) is 0. The predicted molar refractivity (Wildman–Crippen MR) is 85.6 cm³/mol. The Labute approximate surface area is 134 Å². The van der Waals surface area contributed by atoms with Crippen LogP contribution in [0, 0.1) is 10.1 Å². The van der Waals surface area contributed by atoms with Crippen molar-refractivity contribution in [3.63, 3.8) is 0 Å². The fraction of sp³-hybridized carbons (Fsp3) is 0. The number of halogens is 2. The van der Waals surface area contributed by atoms with E-state index in [0.29, 0.717) is 16.1 Å². The zero-order valence-corrected chi connectivity index (χ0v) is 13.0. The first-order chi connectivity index (χ1) is 9.97. The molecule has 2 aromatic carbocycles. The molecule has 21 heavy (non-hydrogen) atoms. The van der Waals surface area contributed by atoms with Gasteiger partial charge < -0.3 is 0 Å². The summed E-state index contributed by atoms with van der Waals surface area (Å²) in [5, 5.41) is 11.1. The van der Waals surface area contributed by atoms with E-state index in [1.165, 1.54) is 30.4 Å². The van der Waals surface area contributed by atoms with Crippen LogP contribution in [0.15, 0.2) is 53.0 Å². The second-order valence-electron chi connectivity index (χ2n) is 4.17. The van der Waals surface area contributed by atoms with E-state index in [2.05, 4.69) is 15.9 Å². The van der Waals surface area contributed by atoms with Gasteiger partial charge in [0.05, 0.1) is 4.92 Å². The molecule has 0 radical (unpaired) electrons. The highest BCUT2D eigenvalue weighted by Crippen LogP contribution is 2.23. The number of nitro groups is 1. The van der Waals surface area contributed by atoms with Crippen molar-refractivity contribution in [2.75, 3.05) is 0 Å². The van der Waals surface area contributed by atoms with Crippen molar-refractivity contribution >= 4 is 45.1 Å². The molecule has 0 saturated heterocycles. The minimum atomic E-state index is -0.510. The average Bonchev–Trinajstić information content (AvgIpc) is 2.46. The van der Waals surface area contributed by atoms with Crippen molar-refractivity contribution in [3.8, 4) is 0 Å². The van der Waals surface area contributed by atoms with Crippen LogP contribution in [0.1, 0.15) is 15.9 Å². The Morgan fingerprint density at radius 2 is 1.86 bits per heavy atom. The molecule has 106 valence electrons. The lowest BCUT2D eigenvalue weighted by Crippen LogP contribution is -1.93. The molecule has 6 heteroatoms. The van der Waals surface area contributed by atoms with Crippen LogP contribution in [0.5, 0.6) is 0 Å². The van der Waals surface area contributed by atoms with E-state index in [9.17, 15) is 14.9 Å². The van der Waals surface area contributed by atoms with Gasteiger partial charge in [-0.3, -0.25) is 14.9 Å². The van der Waals surface area contributed by atoms with Crippen molar-refractivity contribution < 1.29 is 9.72 Å². The Morgan fingerprint density at radius 3 is 2.48 bits per heavy atom. The molecule has 0 N–H and O–H groups in total. The highest BCUT2D eigenvalue weighted by Gasteiger charge is 2.08. The Hall–Kier alpha value is -1.98. The fourth-order valence-corrected chi connectivity index (χ4v) is 2.09. The lowest BCUT2D eigenvalue weighted by atomic mass is 10.1. The number of allylic oxidation sites excluding steroid dienone is 1. The molecule has 0 aliphatic heterocycles. The molecule has 0 heterocycles. The molecular weight excluding hydrogens is 358 g/mol. The summed E-state index contributed by atoms with van der Waals surface area (Å²) in [6, 6.07) is 11.0. The van der Waals surface area contributed by atoms with Gasteiger partial charge in [0.15, 0.2) is 5.78 Å². The Kier molecular flexibility index (Phi) is 4.88. The Morgan fingerprint density at radius 1 is 1.19 bits per heavy atom. The zero-order chi connectivity index (χ0) is 15.4. The third kappa shape index (κ3) is 4.00. The van der Waals surface area contributed by atoms with Crippen LogP contribution in [0.4, 0.5) is 5.69 Å². The molecular formula is C15H9BrClNO3. The lowest BCUT2D eigenvalue weighted by molar-refractivity contribution is -0.384. The molecule has 0 aliphatic rings. The van der Waals surface area contributed by atoms with Crippen LogP contribution in [-0.2, 0) is 0 Å². The second-order valence-corrected chi connectivity index (χ2v) is 5.49.